The molecule has 4 nitrogen and oxygen atoms in total. The van der Waals surface area contributed by atoms with E-state index in [0.717, 1.165) is 22.3 Å². The molecule has 1 heterocycles. The first-order valence-corrected chi connectivity index (χ1v) is 5.91. The zero-order chi connectivity index (χ0) is 13.5. The summed E-state index contributed by atoms with van der Waals surface area (Å²) in [5.41, 5.74) is 0. The second-order valence-corrected chi connectivity index (χ2v) is 3.71. The van der Waals surface area contributed by atoms with Crippen LogP contribution in [-0.2, 0) is 9.53 Å². The van der Waals surface area contributed by atoms with E-state index < -0.39 is 0 Å². The summed E-state index contributed by atoms with van der Waals surface area (Å²) in [6, 6.07) is 12.1. The smallest absolute Gasteiger partial charge is 0.293 e. The van der Waals surface area contributed by atoms with Crippen molar-refractivity contribution in [2.45, 2.75) is 6.92 Å². The summed E-state index contributed by atoms with van der Waals surface area (Å²) in [7, 11) is 0. The highest BCUT2D eigenvalue weighted by atomic mass is 16.5. The van der Waals surface area contributed by atoms with E-state index in [1.165, 1.54) is 12.5 Å². The van der Waals surface area contributed by atoms with Crippen molar-refractivity contribution in [1.82, 2.24) is 0 Å². The van der Waals surface area contributed by atoms with Gasteiger partial charge in [-0.1, -0.05) is 24.3 Å². The molecule has 0 bridgehead atoms. The minimum Gasteiger partial charge on any atom is -0.468 e. The van der Waals surface area contributed by atoms with Crippen molar-refractivity contribution >= 4 is 17.2 Å². The molecule has 2 aromatic carbocycles. The second-order valence-electron chi connectivity index (χ2n) is 3.71. The van der Waals surface area contributed by atoms with E-state index in [9.17, 15) is 4.79 Å². The van der Waals surface area contributed by atoms with Crippen LogP contribution in [0.5, 0.6) is 11.5 Å². The maximum atomic E-state index is 9.18. The lowest BCUT2D eigenvalue weighted by molar-refractivity contribution is -0.128. The number of ether oxygens (including phenoxy) is 3. The van der Waals surface area contributed by atoms with E-state index in [2.05, 4.69) is 16.9 Å². The molecule has 0 spiro atoms. The van der Waals surface area contributed by atoms with E-state index in [-0.39, 0.29) is 0 Å². The van der Waals surface area contributed by atoms with Gasteiger partial charge in [0.25, 0.3) is 6.47 Å². The van der Waals surface area contributed by atoms with Gasteiger partial charge in [0.15, 0.2) is 11.5 Å². The molecular weight excluding hydrogens is 244 g/mol. The molecule has 19 heavy (non-hydrogen) atoms. The molecule has 98 valence electrons. The molecule has 0 N–H and O–H groups in total. The number of rotatable bonds is 2. The molecule has 0 unspecified atom stereocenters. The molecule has 0 saturated heterocycles. The van der Waals surface area contributed by atoms with Crippen molar-refractivity contribution in [1.29, 1.82) is 0 Å². The van der Waals surface area contributed by atoms with E-state index in [1.54, 1.807) is 6.92 Å². The number of carbonyl (C=O) groups is 1. The van der Waals surface area contributed by atoms with Crippen LogP contribution in [0.3, 0.4) is 0 Å². The molecule has 0 aliphatic carbocycles. The summed E-state index contributed by atoms with van der Waals surface area (Å²) in [6.45, 7) is 2.66. The van der Waals surface area contributed by atoms with E-state index in [4.69, 9.17) is 9.47 Å². The number of benzene rings is 2. The van der Waals surface area contributed by atoms with Crippen molar-refractivity contribution in [3.05, 3.63) is 48.9 Å². The van der Waals surface area contributed by atoms with Gasteiger partial charge in [-0.15, -0.1) is 0 Å². The summed E-state index contributed by atoms with van der Waals surface area (Å²) >= 11 is 0. The molecule has 0 aromatic heterocycles. The first-order valence-electron chi connectivity index (χ1n) is 5.91. The van der Waals surface area contributed by atoms with Gasteiger partial charge in [0.1, 0.15) is 12.5 Å². The summed E-state index contributed by atoms with van der Waals surface area (Å²) < 4.78 is 14.8. The summed E-state index contributed by atoms with van der Waals surface area (Å²) in [6.07, 6.45) is 3.08. The highest BCUT2D eigenvalue weighted by Crippen LogP contribution is 2.34. The van der Waals surface area contributed by atoms with Gasteiger partial charge in [-0.2, -0.15) is 0 Å². The zero-order valence-corrected chi connectivity index (χ0v) is 10.5. The number of fused-ring (bicyclic) bond motifs is 2. The van der Waals surface area contributed by atoms with E-state index in [1.807, 2.05) is 24.3 Å². The van der Waals surface area contributed by atoms with Crippen LogP contribution in [0.25, 0.3) is 10.8 Å². The fourth-order valence-corrected chi connectivity index (χ4v) is 1.65. The Bertz CT molecular complexity index is 543. The molecule has 2 aromatic rings. The number of carbonyl (C=O) groups excluding carboxylic acids is 1. The quantitative estimate of drug-likeness (QED) is 0.775. The topological polar surface area (TPSA) is 44.8 Å². The molecule has 0 saturated carbocycles. The second kappa shape index (κ2) is 6.44. The first-order chi connectivity index (χ1) is 9.35. The van der Waals surface area contributed by atoms with Crippen LogP contribution in [0.4, 0.5) is 0 Å². The lowest BCUT2D eigenvalue weighted by Crippen LogP contribution is -1.95. The molecule has 0 fully saturated rings. The van der Waals surface area contributed by atoms with Gasteiger partial charge in [0.2, 0.25) is 0 Å². The zero-order valence-electron chi connectivity index (χ0n) is 10.5. The van der Waals surface area contributed by atoms with Crippen LogP contribution >= 0.6 is 0 Å². The molecule has 1 aliphatic rings. The Morgan fingerprint density at radius 2 is 1.58 bits per heavy atom. The van der Waals surface area contributed by atoms with Gasteiger partial charge in [-0.25, -0.2) is 0 Å². The fourth-order valence-electron chi connectivity index (χ4n) is 1.65. The Kier molecular flexibility index (Phi) is 4.39. The van der Waals surface area contributed by atoms with Crippen molar-refractivity contribution in [3.8, 4) is 11.5 Å². The van der Waals surface area contributed by atoms with Crippen LogP contribution in [0.15, 0.2) is 48.9 Å². The Morgan fingerprint density at radius 3 is 1.95 bits per heavy atom. The number of hydrogen-bond acceptors (Lipinski definition) is 4. The van der Waals surface area contributed by atoms with E-state index >= 15 is 0 Å². The van der Waals surface area contributed by atoms with Crippen LogP contribution in [0.1, 0.15) is 6.92 Å². The van der Waals surface area contributed by atoms with Crippen molar-refractivity contribution < 1.29 is 19.0 Å². The average Bonchev–Trinajstić information content (AvgIpc) is 2.46. The maximum absolute atomic E-state index is 9.18. The first kappa shape index (κ1) is 13.0. The molecular formula is C15H14O4. The summed E-state index contributed by atoms with van der Waals surface area (Å²) in [5.74, 6) is 1.54. The third-order valence-electron chi connectivity index (χ3n) is 2.49. The number of hydrogen-bond donors (Lipinski definition) is 0. The monoisotopic (exact) mass is 258 g/mol. The molecule has 0 atom stereocenters. The van der Waals surface area contributed by atoms with Crippen LogP contribution < -0.4 is 9.47 Å². The van der Waals surface area contributed by atoms with E-state index in [0.29, 0.717) is 13.1 Å². The normalized spacial score (nSPS) is 11.4. The lowest BCUT2D eigenvalue weighted by Gasteiger charge is -2.12. The summed E-state index contributed by atoms with van der Waals surface area (Å²) in [4.78, 5) is 9.18. The largest absolute Gasteiger partial charge is 0.468 e. The van der Waals surface area contributed by atoms with Crippen molar-refractivity contribution in [2.24, 2.45) is 0 Å². The van der Waals surface area contributed by atoms with Crippen LogP contribution in [0, 0.1) is 0 Å². The third kappa shape index (κ3) is 3.25. The SMILES string of the molecule is C1=COc2cc3ccccc3cc2O1.CCOC=O. The van der Waals surface area contributed by atoms with Crippen molar-refractivity contribution in [3.63, 3.8) is 0 Å². The molecule has 0 radical (unpaired) electrons. The Balaban J connectivity index is 0.000000232. The minimum atomic E-state index is 0.431. The lowest BCUT2D eigenvalue weighted by atomic mass is 10.1. The van der Waals surface area contributed by atoms with Crippen LogP contribution in [0.2, 0.25) is 0 Å². The Hall–Kier alpha value is -2.49. The fraction of sp³-hybridized carbons (Fsp3) is 0.133. The predicted octanol–water partition coefficient (Wildman–Crippen LogP) is 3.26. The van der Waals surface area contributed by atoms with Gasteiger partial charge in [0.05, 0.1) is 6.61 Å². The highest BCUT2D eigenvalue weighted by molar-refractivity contribution is 5.86. The molecule has 3 rings (SSSR count). The Morgan fingerprint density at radius 1 is 1.05 bits per heavy atom. The standard InChI is InChI=1S/C12H8O2.C3H6O2/c1-2-4-10-8-12-11(7-9(10)3-1)13-5-6-14-12;1-2-5-3-4/h1-8H;3H,2H2,1H3. The third-order valence-corrected chi connectivity index (χ3v) is 2.49. The molecule has 4 heteroatoms. The van der Waals surface area contributed by atoms with Gasteiger partial charge in [-0.05, 0) is 29.8 Å². The molecule has 0 amide bonds. The maximum Gasteiger partial charge on any atom is 0.293 e. The van der Waals surface area contributed by atoms with Gasteiger partial charge >= 0.3 is 0 Å². The summed E-state index contributed by atoms with van der Waals surface area (Å²) in [5, 5.41) is 2.32. The van der Waals surface area contributed by atoms with Gasteiger partial charge in [-0.3, -0.25) is 4.79 Å². The van der Waals surface area contributed by atoms with Crippen molar-refractivity contribution in [2.75, 3.05) is 6.61 Å². The average molecular weight is 258 g/mol. The van der Waals surface area contributed by atoms with Crippen LogP contribution in [-0.4, -0.2) is 13.1 Å². The van der Waals surface area contributed by atoms with Gasteiger partial charge in [0, 0.05) is 0 Å². The molecule has 1 aliphatic heterocycles. The predicted molar refractivity (Wildman–Crippen MR) is 72.0 cm³/mol. The minimum absolute atomic E-state index is 0.431. The Labute approximate surface area is 111 Å². The van der Waals surface area contributed by atoms with Gasteiger partial charge < -0.3 is 14.2 Å². The highest BCUT2D eigenvalue weighted by Gasteiger charge is 2.08.